The molecule has 6 nitrogen and oxygen atoms in total. The number of rotatable bonds is 5. The molecule has 1 aromatic carbocycles. The van der Waals surface area contributed by atoms with Crippen LogP contribution in [-0.4, -0.2) is 36.0 Å². The van der Waals surface area contributed by atoms with Gasteiger partial charge >= 0.3 is 5.97 Å². The molecule has 1 aromatic rings. The van der Waals surface area contributed by atoms with E-state index in [4.69, 9.17) is 5.11 Å². The molecule has 0 radical (unpaired) electrons. The van der Waals surface area contributed by atoms with Crippen LogP contribution in [0.1, 0.15) is 41.6 Å². The molecule has 1 aliphatic carbocycles. The van der Waals surface area contributed by atoms with Gasteiger partial charge in [-0.15, -0.1) is 0 Å². The number of carbonyl (C=O) groups is 3. The average Bonchev–Trinajstić information content (AvgIpc) is 2.55. The summed E-state index contributed by atoms with van der Waals surface area (Å²) >= 11 is 0. The van der Waals surface area contributed by atoms with Crippen LogP contribution in [0, 0.1) is 5.92 Å². The summed E-state index contributed by atoms with van der Waals surface area (Å²) < 4.78 is 0. The lowest BCUT2D eigenvalue weighted by Gasteiger charge is -2.28. The lowest BCUT2D eigenvalue weighted by Crippen LogP contribution is -2.40. The van der Waals surface area contributed by atoms with E-state index < -0.39 is 5.97 Å². The third-order valence-corrected chi connectivity index (χ3v) is 4.25. The number of benzene rings is 1. The van der Waals surface area contributed by atoms with Crippen molar-refractivity contribution in [2.45, 2.75) is 38.1 Å². The Balaban J connectivity index is 1.83. The SMILES string of the molecule is CNC(=O)C1CCC(NC(=O)Cc2cccc(C(=O)O)c2)CC1. The van der Waals surface area contributed by atoms with Crippen LogP contribution < -0.4 is 10.6 Å². The Morgan fingerprint density at radius 2 is 1.87 bits per heavy atom. The minimum atomic E-state index is -1.00. The van der Waals surface area contributed by atoms with Gasteiger partial charge in [-0.1, -0.05) is 12.1 Å². The van der Waals surface area contributed by atoms with Crippen molar-refractivity contribution in [1.29, 1.82) is 0 Å². The summed E-state index contributed by atoms with van der Waals surface area (Å²) in [5, 5.41) is 14.6. The third kappa shape index (κ3) is 4.81. The first-order chi connectivity index (χ1) is 11.0. The molecule has 0 atom stereocenters. The van der Waals surface area contributed by atoms with Crippen LogP contribution in [0.3, 0.4) is 0 Å². The molecule has 2 rings (SSSR count). The number of hydrogen-bond acceptors (Lipinski definition) is 3. The zero-order valence-corrected chi connectivity index (χ0v) is 13.2. The first-order valence-electron chi connectivity index (χ1n) is 7.82. The van der Waals surface area contributed by atoms with Gasteiger partial charge in [-0.3, -0.25) is 9.59 Å². The Kier molecular flexibility index (Phi) is 5.73. The molecule has 0 aliphatic heterocycles. The summed E-state index contributed by atoms with van der Waals surface area (Å²) in [5.74, 6) is -1.00. The molecule has 0 bridgehead atoms. The van der Waals surface area contributed by atoms with Crippen LogP contribution in [0.15, 0.2) is 24.3 Å². The van der Waals surface area contributed by atoms with Crippen molar-refractivity contribution >= 4 is 17.8 Å². The van der Waals surface area contributed by atoms with Gasteiger partial charge in [0.25, 0.3) is 0 Å². The molecule has 0 aromatic heterocycles. The van der Waals surface area contributed by atoms with Crippen molar-refractivity contribution in [2.75, 3.05) is 7.05 Å². The molecule has 2 amide bonds. The monoisotopic (exact) mass is 318 g/mol. The van der Waals surface area contributed by atoms with Gasteiger partial charge in [-0.05, 0) is 43.4 Å². The van der Waals surface area contributed by atoms with Crippen LogP contribution >= 0.6 is 0 Å². The second kappa shape index (κ2) is 7.76. The average molecular weight is 318 g/mol. The van der Waals surface area contributed by atoms with Crippen molar-refractivity contribution in [1.82, 2.24) is 10.6 Å². The second-order valence-corrected chi connectivity index (χ2v) is 5.91. The predicted octanol–water partition coefficient (Wildman–Crippen LogP) is 1.35. The first-order valence-corrected chi connectivity index (χ1v) is 7.82. The zero-order chi connectivity index (χ0) is 16.8. The van der Waals surface area contributed by atoms with Crippen LogP contribution in [0.25, 0.3) is 0 Å². The minimum Gasteiger partial charge on any atom is -0.478 e. The van der Waals surface area contributed by atoms with Gasteiger partial charge in [-0.2, -0.15) is 0 Å². The number of hydrogen-bond donors (Lipinski definition) is 3. The molecular weight excluding hydrogens is 296 g/mol. The summed E-state index contributed by atoms with van der Waals surface area (Å²) in [7, 11) is 1.64. The van der Waals surface area contributed by atoms with E-state index in [0.29, 0.717) is 5.56 Å². The maximum absolute atomic E-state index is 12.1. The second-order valence-electron chi connectivity index (χ2n) is 5.91. The topological polar surface area (TPSA) is 95.5 Å². The standard InChI is InChI=1S/C17H22N2O4/c1-18-16(21)12-5-7-14(8-6-12)19-15(20)10-11-3-2-4-13(9-11)17(22)23/h2-4,9,12,14H,5-8,10H2,1H3,(H,18,21)(H,19,20)(H,22,23). The van der Waals surface area contributed by atoms with Gasteiger partial charge in [0.1, 0.15) is 0 Å². The van der Waals surface area contributed by atoms with Crippen LogP contribution in [0.5, 0.6) is 0 Å². The Morgan fingerprint density at radius 1 is 1.17 bits per heavy atom. The smallest absolute Gasteiger partial charge is 0.335 e. The number of carboxylic acids is 1. The molecular formula is C17H22N2O4. The highest BCUT2D eigenvalue weighted by atomic mass is 16.4. The van der Waals surface area contributed by atoms with E-state index in [0.717, 1.165) is 25.7 Å². The molecule has 1 aliphatic rings. The number of amides is 2. The largest absolute Gasteiger partial charge is 0.478 e. The van der Waals surface area contributed by atoms with Crippen molar-refractivity contribution in [3.8, 4) is 0 Å². The van der Waals surface area contributed by atoms with Gasteiger partial charge in [0.15, 0.2) is 0 Å². The molecule has 0 unspecified atom stereocenters. The van der Waals surface area contributed by atoms with Crippen LogP contribution in [-0.2, 0) is 16.0 Å². The molecule has 0 saturated heterocycles. The number of carbonyl (C=O) groups excluding carboxylic acids is 2. The third-order valence-electron chi connectivity index (χ3n) is 4.25. The Morgan fingerprint density at radius 3 is 2.48 bits per heavy atom. The first kappa shape index (κ1) is 17.0. The van der Waals surface area contributed by atoms with Gasteiger partial charge in [0.2, 0.25) is 11.8 Å². The summed E-state index contributed by atoms with van der Waals surface area (Å²) in [4.78, 5) is 34.6. The van der Waals surface area contributed by atoms with Crippen molar-refractivity contribution in [3.05, 3.63) is 35.4 Å². The van der Waals surface area contributed by atoms with Gasteiger partial charge in [-0.25, -0.2) is 4.79 Å². The Bertz CT molecular complexity index is 592. The fourth-order valence-electron chi connectivity index (χ4n) is 2.98. The summed E-state index contributed by atoms with van der Waals surface area (Å²) in [6.45, 7) is 0. The summed E-state index contributed by atoms with van der Waals surface area (Å²) in [5.41, 5.74) is 0.864. The predicted molar refractivity (Wildman–Crippen MR) is 85.1 cm³/mol. The maximum atomic E-state index is 12.1. The quantitative estimate of drug-likeness (QED) is 0.763. The molecule has 6 heteroatoms. The lowest BCUT2D eigenvalue weighted by molar-refractivity contribution is -0.125. The van der Waals surface area contributed by atoms with Crippen molar-refractivity contribution < 1.29 is 19.5 Å². The van der Waals surface area contributed by atoms with E-state index in [1.807, 2.05) is 0 Å². The number of nitrogens with one attached hydrogen (secondary N) is 2. The van der Waals surface area contributed by atoms with E-state index in [2.05, 4.69) is 10.6 Å². The van der Waals surface area contributed by atoms with Crippen molar-refractivity contribution in [2.24, 2.45) is 5.92 Å². The molecule has 1 saturated carbocycles. The molecule has 3 N–H and O–H groups in total. The molecule has 1 fully saturated rings. The fraction of sp³-hybridized carbons (Fsp3) is 0.471. The molecule has 23 heavy (non-hydrogen) atoms. The maximum Gasteiger partial charge on any atom is 0.335 e. The number of carboxylic acid groups (broad SMARTS) is 1. The normalized spacial score (nSPS) is 20.6. The van der Waals surface area contributed by atoms with E-state index in [1.165, 1.54) is 12.1 Å². The molecule has 0 heterocycles. The highest BCUT2D eigenvalue weighted by molar-refractivity contribution is 5.88. The molecule has 0 spiro atoms. The van der Waals surface area contributed by atoms with E-state index in [-0.39, 0.29) is 35.8 Å². The van der Waals surface area contributed by atoms with E-state index in [9.17, 15) is 14.4 Å². The lowest BCUT2D eigenvalue weighted by atomic mass is 9.85. The number of aromatic carboxylic acids is 1. The van der Waals surface area contributed by atoms with E-state index >= 15 is 0 Å². The van der Waals surface area contributed by atoms with Crippen molar-refractivity contribution in [3.63, 3.8) is 0 Å². The molecule has 124 valence electrons. The van der Waals surface area contributed by atoms with Gasteiger partial charge in [0.05, 0.1) is 12.0 Å². The Hall–Kier alpha value is -2.37. The zero-order valence-electron chi connectivity index (χ0n) is 13.2. The Labute approximate surface area is 135 Å². The minimum absolute atomic E-state index is 0.0420. The van der Waals surface area contributed by atoms with Crippen LogP contribution in [0.4, 0.5) is 0 Å². The van der Waals surface area contributed by atoms with Crippen LogP contribution in [0.2, 0.25) is 0 Å². The summed E-state index contributed by atoms with van der Waals surface area (Å²) in [6, 6.07) is 6.50. The van der Waals surface area contributed by atoms with E-state index in [1.54, 1.807) is 19.2 Å². The fourth-order valence-corrected chi connectivity index (χ4v) is 2.98. The summed E-state index contributed by atoms with van der Waals surface area (Å²) in [6.07, 6.45) is 3.30. The highest BCUT2D eigenvalue weighted by Gasteiger charge is 2.26. The van der Waals surface area contributed by atoms with Gasteiger partial charge in [0, 0.05) is 19.0 Å². The highest BCUT2D eigenvalue weighted by Crippen LogP contribution is 2.24. The van der Waals surface area contributed by atoms with Gasteiger partial charge < -0.3 is 15.7 Å².